The third-order valence-corrected chi connectivity index (χ3v) is 7.17. The molecule has 0 aromatic carbocycles. The van der Waals surface area contributed by atoms with Gasteiger partial charge < -0.3 is 9.74 Å². The van der Waals surface area contributed by atoms with Crippen LogP contribution in [-0.2, 0) is 24.4 Å². The lowest BCUT2D eigenvalue weighted by atomic mass is 10.3. The summed E-state index contributed by atoms with van der Waals surface area (Å²) in [7, 11) is 1.19. The van der Waals surface area contributed by atoms with Crippen molar-refractivity contribution in [2.75, 3.05) is 32.8 Å². The van der Waals surface area contributed by atoms with Crippen LogP contribution in [0.4, 0.5) is 5.82 Å². The van der Waals surface area contributed by atoms with Crippen LogP contribution in [0.2, 0.25) is 0 Å². The Morgan fingerprint density at radius 1 is 1.23 bits per heavy atom. The van der Waals surface area contributed by atoms with E-state index in [1.54, 1.807) is 17.5 Å². The molecule has 0 fully saturated rings. The molecule has 0 spiro atoms. The number of thiophene rings is 1. The summed E-state index contributed by atoms with van der Waals surface area (Å²) in [6, 6.07) is 6.28. The molecule has 3 heterocycles. The Morgan fingerprint density at radius 3 is 2.67 bits per heavy atom. The molecular formula is C19H22N4O5S2. The van der Waals surface area contributed by atoms with Gasteiger partial charge in [0.2, 0.25) is 0 Å². The largest absolute Gasteiger partial charge is 0.333 e. The maximum absolute atomic E-state index is 13.3. The fraction of sp³-hybridized carbons (Fsp3) is 0.316. The zero-order chi connectivity index (χ0) is 21.9. The topological polar surface area (TPSA) is 100 Å². The molecule has 0 atom stereocenters. The summed E-state index contributed by atoms with van der Waals surface area (Å²) >= 11 is 1.21. The summed E-state index contributed by atoms with van der Waals surface area (Å²) in [6.45, 7) is 0.680. The number of amides is 1. The third-order valence-electron chi connectivity index (χ3n) is 4.34. The van der Waals surface area contributed by atoms with Crippen LogP contribution in [0.3, 0.4) is 0 Å². The van der Waals surface area contributed by atoms with Gasteiger partial charge >= 0.3 is 11.9 Å². The van der Waals surface area contributed by atoms with Gasteiger partial charge in [-0.15, -0.1) is 16.4 Å². The summed E-state index contributed by atoms with van der Waals surface area (Å²) in [5.41, 5.74) is -0.142. The number of hydroxylamine groups is 1. The molecule has 0 radical (unpaired) electrons. The number of carbonyl (C=O) groups excluding carboxylic acids is 2. The third kappa shape index (κ3) is 4.53. The van der Waals surface area contributed by atoms with E-state index in [2.05, 4.69) is 4.98 Å². The van der Waals surface area contributed by atoms with Crippen LogP contribution < -0.4 is 5.06 Å². The Labute approximate surface area is 179 Å². The van der Waals surface area contributed by atoms with Crippen molar-refractivity contribution in [3.8, 4) is 0 Å². The lowest BCUT2D eigenvalue weighted by Crippen LogP contribution is -2.42. The van der Waals surface area contributed by atoms with Crippen LogP contribution in [0.5, 0.6) is 0 Å². The average Bonchev–Trinajstić information content (AvgIpc) is 3.19. The predicted molar refractivity (Wildman–Crippen MR) is 113 cm³/mol. The van der Waals surface area contributed by atoms with Crippen LogP contribution in [0.25, 0.3) is 6.08 Å². The van der Waals surface area contributed by atoms with Gasteiger partial charge in [-0.25, -0.2) is 18.2 Å². The van der Waals surface area contributed by atoms with E-state index >= 15 is 0 Å². The molecule has 3 rings (SSSR count). The zero-order valence-electron chi connectivity index (χ0n) is 16.8. The van der Waals surface area contributed by atoms with E-state index in [1.165, 1.54) is 42.8 Å². The van der Waals surface area contributed by atoms with Crippen molar-refractivity contribution in [1.29, 1.82) is 0 Å². The number of anilines is 1. The van der Waals surface area contributed by atoms with Crippen molar-refractivity contribution in [2.45, 2.75) is 17.7 Å². The molecule has 0 N–H and O–H groups in total. The molecule has 9 nitrogen and oxygen atoms in total. The first-order chi connectivity index (χ1) is 14.2. The van der Waals surface area contributed by atoms with Crippen molar-refractivity contribution in [3.05, 3.63) is 46.4 Å². The number of rotatable bonds is 6. The van der Waals surface area contributed by atoms with Gasteiger partial charge in [0.25, 0.3) is 10.0 Å². The lowest BCUT2D eigenvalue weighted by Gasteiger charge is -2.28. The van der Waals surface area contributed by atoms with E-state index in [4.69, 9.17) is 4.84 Å². The average molecular weight is 451 g/mol. The van der Waals surface area contributed by atoms with E-state index < -0.39 is 21.9 Å². The maximum atomic E-state index is 13.3. The predicted octanol–water partition coefficient (Wildman–Crippen LogP) is 1.95. The van der Waals surface area contributed by atoms with Crippen molar-refractivity contribution in [2.24, 2.45) is 0 Å². The van der Waals surface area contributed by atoms with Gasteiger partial charge in [0, 0.05) is 24.5 Å². The number of pyridine rings is 1. The minimum Gasteiger partial charge on any atom is -0.331 e. The fourth-order valence-electron chi connectivity index (χ4n) is 2.77. The van der Waals surface area contributed by atoms with Gasteiger partial charge in [-0.05, 0) is 56.7 Å². The highest BCUT2D eigenvalue weighted by Gasteiger charge is 2.37. The first-order valence-electron chi connectivity index (χ1n) is 9.11. The van der Waals surface area contributed by atoms with Crippen LogP contribution in [0.15, 0.2) is 46.4 Å². The fourth-order valence-corrected chi connectivity index (χ4v) is 5.27. The van der Waals surface area contributed by atoms with E-state index in [0.29, 0.717) is 17.8 Å². The first-order valence-corrected chi connectivity index (χ1v) is 11.4. The molecule has 1 aliphatic heterocycles. The normalized spacial score (nSPS) is 14.8. The van der Waals surface area contributed by atoms with Gasteiger partial charge in [0.15, 0.2) is 5.82 Å². The number of sulfonamides is 1. The molecule has 0 bridgehead atoms. The second-order valence-electron chi connectivity index (χ2n) is 6.81. The van der Waals surface area contributed by atoms with Crippen LogP contribution in [-0.4, -0.2) is 62.2 Å². The number of fused-ring (bicyclic) bond motifs is 1. The van der Waals surface area contributed by atoms with Gasteiger partial charge in [-0.2, -0.15) is 0 Å². The maximum Gasteiger partial charge on any atom is 0.333 e. The van der Waals surface area contributed by atoms with Crippen LogP contribution in [0.1, 0.15) is 17.7 Å². The molecule has 0 aliphatic carbocycles. The highest BCUT2D eigenvalue weighted by Crippen LogP contribution is 2.34. The number of aromatic nitrogens is 1. The highest BCUT2D eigenvalue weighted by atomic mass is 32.2. The summed E-state index contributed by atoms with van der Waals surface area (Å²) < 4.78 is 26.4. The summed E-state index contributed by atoms with van der Waals surface area (Å²) in [5.74, 6) is -1.35. The molecule has 1 aliphatic rings. The molecule has 0 saturated carbocycles. The molecule has 2 aromatic rings. The Kier molecular flexibility index (Phi) is 6.54. The van der Waals surface area contributed by atoms with Gasteiger partial charge in [-0.3, -0.25) is 9.10 Å². The number of hydrogen-bond acceptors (Lipinski definition) is 8. The number of hydrogen-bond donors (Lipinski definition) is 0. The van der Waals surface area contributed by atoms with Gasteiger partial charge in [-0.1, -0.05) is 6.07 Å². The van der Waals surface area contributed by atoms with Crippen molar-refractivity contribution >= 4 is 45.1 Å². The van der Waals surface area contributed by atoms with E-state index in [0.717, 1.165) is 9.37 Å². The minimum atomic E-state index is -3.88. The number of carbonyl (C=O) groups is 2. The van der Waals surface area contributed by atoms with E-state index in [1.807, 2.05) is 19.0 Å². The van der Waals surface area contributed by atoms with Gasteiger partial charge in [0.1, 0.15) is 10.6 Å². The summed E-state index contributed by atoms with van der Waals surface area (Å²) in [5, 5.41) is 2.38. The lowest BCUT2D eigenvalue weighted by molar-refractivity contribution is -0.150. The van der Waals surface area contributed by atoms with Crippen molar-refractivity contribution in [1.82, 2.24) is 14.2 Å². The minimum absolute atomic E-state index is 0.0761. The smallest absolute Gasteiger partial charge is 0.331 e. The zero-order valence-corrected chi connectivity index (χ0v) is 18.4. The standard InChI is InChI=1S/C19H22N4O5S2/c1-21(2)11-6-8-18(24)28-23(17-7-4-5-10-20-17)19(25)14-13-15-16(9-12-29-15)30(26,27)22(14)3/h4-5,7,9-10,12-13H,6,8,11H2,1-3H3. The van der Waals surface area contributed by atoms with Crippen molar-refractivity contribution in [3.63, 3.8) is 0 Å². The second-order valence-corrected chi connectivity index (χ2v) is 9.69. The molecule has 1 amide bonds. The highest BCUT2D eigenvalue weighted by molar-refractivity contribution is 7.89. The molecule has 0 saturated heterocycles. The Balaban J connectivity index is 1.91. The first kappa shape index (κ1) is 21.9. The Hall–Kier alpha value is -2.76. The van der Waals surface area contributed by atoms with Crippen molar-refractivity contribution < 1.29 is 22.8 Å². The van der Waals surface area contributed by atoms with E-state index in [-0.39, 0.29) is 22.8 Å². The van der Waals surface area contributed by atoms with Crippen LogP contribution >= 0.6 is 11.3 Å². The molecule has 30 heavy (non-hydrogen) atoms. The van der Waals surface area contributed by atoms with Gasteiger partial charge in [0.05, 0.1) is 0 Å². The monoisotopic (exact) mass is 450 g/mol. The molecule has 11 heteroatoms. The SMILES string of the molecule is CN(C)CCCC(=O)ON(C(=O)C1=Cc2sccc2S(=O)(=O)N1C)c1ccccn1. The number of likely N-dealkylation sites (N-methyl/N-ethyl adjacent to an activating group) is 1. The summed E-state index contributed by atoms with van der Waals surface area (Å²) in [6.07, 6.45) is 3.56. The Morgan fingerprint density at radius 2 is 2.00 bits per heavy atom. The molecule has 0 unspecified atom stereocenters. The Bertz CT molecular complexity index is 1060. The molecular weight excluding hydrogens is 428 g/mol. The van der Waals surface area contributed by atoms with Crippen LogP contribution in [0, 0.1) is 0 Å². The second kappa shape index (κ2) is 8.94. The molecule has 2 aromatic heterocycles. The van der Waals surface area contributed by atoms with E-state index in [9.17, 15) is 18.0 Å². The molecule has 160 valence electrons. The number of nitrogens with zero attached hydrogens (tertiary/aromatic N) is 4. The quantitative estimate of drug-likeness (QED) is 0.620. The summed E-state index contributed by atoms with van der Waals surface area (Å²) in [4.78, 5) is 37.5.